The third-order valence-corrected chi connectivity index (χ3v) is 3.89. The zero-order valence-electron chi connectivity index (χ0n) is 11.7. The van der Waals surface area contributed by atoms with Crippen molar-refractivity contribution in [1.29, 1.82) is 0 Å². The highest BCUT2D eigenvalue weighted by molar-refractivity contribution is 5.85. The van der Waals surface area contributed by atoms with Gasteiger partial charge in [0.2, 0.25) is 0 Å². The average Bonchev–Trinajstić information content (AvgIpc) is 2.78. The summed E-state index contributed by atoms with van der Waals surface area (Å²) in [6.07, 6.45) is 2.58. The standard InChI is InChI=1S/C15H23FN2.ClH/c1-12(13-5-7-14(16)8-6-13)11-18-9-3-4-15(18)10-17-2;/h5-8,12,15,17H,3-4,9-11H2,1-2H3;1H. The fourth-order valence-electron chi connectivity index (χ4n) is 2.85. The lowest BCUT2D eigenvalue weighted by Crippen LogP contribution is -2.38. The highest BCUT2D eigenvalue weighted by Gasteiger charge is 2.25. The number of hydrogen-bond donors (Lipinski definition) is 1. The SMILES string of the molecule is CNCC1CCCN1CC(C)c1ccc(F)cc1.Cl. The van der Waals surface area contributed by atoms with Crippen LogP contribution in [0.4, 0.5) is 4.39 Å². The van der Waals surface area contributed by atoms with Gasteiger partial charge in [-0.15, -0.1) is 12.4 Å². The molecule has 108 valence electrons. The van der Waals surface area contributed by atoms with Gasteiger partial charge in [-0.1, -0.05) is 19.1 Å². The molecule has 2 unspecified atom stereocenters. The molecule has 0 saturated carbocycles. The van der Waals surface area contributed by atoms with Gasteiger partial charge in [-0.25, -0.2) is 4.39 Å². The smallest absolute Gasteiger partial charge is 0.123 e. The second-order valence-corrected chi connectivity index (χ2v) is 5.30. The summed E-state index contributed by atoms with van der Waals surface area (Å²) in [5.41, 5.74) is 1.23. The van der Waals surface area contributed by atoms with E-state index in [2.05, 4.69) is 17.1 Å². The fraction of sp³-hybridized carbons (Fsp3) is 0.600. The molecule has 1 aromatic rings. The van der Waals surface area contributed by atoms with Gasteiger partial charge in [0.15, 0.2) is 0 Å². The van der Waals surface area contributed by atoms with Gasteiger partial charge >= 0.3 is 0 Å². The summed E-state index contributed by atoms with van der Waals surface area (Å²) < 4.78 is 12.9. The first kappa shape index (κ1) is 16.4. The van der Waals surface area contributed by atoms with Crippen LogP contribution in [0.2, 0.25) is 0 Å². The first-order valence-electron chi connectivity index (χ1n) is 6.85. The van der Waals surface area contributed by atoms with Crippen LogP contribution in [0.25, 0.3) is 0 Å². The average molecular weight is 287 g/mol. The monoisotopic (exact) mass is 286 g/mol. The zero-order valence-corrected chi connectivity index (χ0v) is 12.5. The van der Waals surface area contributed by atoms with Crippen LogP contribution in [0.5, 0.6) is 0 Å². The second kappa shape index (κ2) is 7.83. The summed E-state index contributed by atoms with van der Waals surface area (Å²) in [5.74, 6) is 0.309. The Morgan fingerprint density at radius 3 is 2.68 bits per heavy atom. The van der Waals surface area contributed by atoms with E-state index in [9.17, 15) is 4.39 Å². The molecule has 1 fully saturated rings. The Morgan fingerprint density at radius 2 is 2.05 bits per heavy atom. The van der Waals surface area contributed by atoms with Gasteiger partial charge in [0.1, 0.15) is 5.82 Å². The van der Waals surface area contributed by atoms with Crippen LogP contribution in [0, 0.1) is 5.82 Å². The van der Waals surface area contributed by atoms with Crippen LogP contribution >= 0.6 is 12.4 Å². The quantitative estimate of drug-likeness (QED) is 0.895. The maximum Gasteiger partial charge on any atom is 0.123 e. The zero-order chi connectivity index (χ0) is 13.0. The summed E-state index contributed by atoms with van der Waals surface area (Å²) >= 11 is 0. The number of likely N-dealkylation sites (tertiary alicyclic amines) is 1. The Bertz CT molecular complexity index is 369. The van der Waals surface area contributed by atoms with Gasteiger partial charge in [-0.05, 0) is 50.0 Å². The highest BCUT2D eigenvalue weighted by Crippen LogP contribution is 2.23. The van der Waals surface area contributed by atoms with Crippen molar-refractivity contribution in [3.8, 4) is 0 Å². The molecular formula is C15H24ClFN2. The molecule has 1 N–H and O–H groups in total. The van der Waals surface area contributed by atoms with Crippen LogP contribution in [0.15, 0.2) is 24.3 Å². The number of likely N-dealkylation sites (N-methyl/N-ethyl adjacent to an activating group) is 1. The van der Waals surface area contributed by atoms with Gasteiger partial charge in [0, 0.05) is 19.1 Å². The van der Waals surface area contributed by atoms with Crippen molar-refractivity contribution in [2.24, 2.45) is 0 Å². The molecule has 1 aliphatic heterocycles. The van der Waals surface area contributed by atoms with E-state index in [0.717, 1.165) is 13.1 Å². The van der Waals surface area contributed by atoms with Crippen molar-refractivity contribution in [3.05, 3.63) is 35.6 Å². The molecule has 0 aromatic heterocycles. The largest absolute Gasteiger partial charge is 0.318 e. The normalized spacial score (nSPS) is 21.1. The molecule has 0 aliphatic carbocycles. The van der Waals surface area contributed by atoms with E-state index in [-0.39, 0.29) is 18.2 Å². The second-order valence-electron chi connectivity index (χ2n) is 5.30. The summed E-state index contributed by atoms with van der Waals surface area (Å²) in [7, 11) is 2.01. The number of nitrogens with one attached hydrogen (secondary N) is 1. The Hall–Kier alpha value is -0.640. The molecule has 2 atom stereocenters. The molecule has 1 aromatic carbocycles. The topological polar surface area (TPSA) is 15.3 Å². The molecule has 2 nitrogen and oxygen atoms in total. The van der Waals surface area contributed by atoms with Gasteiger partial charge in [0.25, 0.3) is 0 Å². The minimum atomic E-state index is -0.153. The van der Waals surface area contributed by atoms with Gasteiger partial charge in [-0.2, -0.15) is 0 Å². The van der Waals surface area contributed by atoms with E-state index in [1.807, 2.05) is 19.2 Å². The van der Waals surface area contributed by atoms with Crippen LogP contribution < -0.4 is 5.32 Å². The summed E-state index contributed by atoms with van der Waals surface area (Å²) in [5, 5.41) is 3.27. The Kier molecular flexibility index (Phi) is 6.76. The molecule has 2 rings (SSSR count). The first-order valence-corrected chi connectivity index (χ1v) is 6.85. The van der Waals surface area contributed by atoms with E-state index in [0.29, 0.717) is 12.0 Å². The predicted molar refractivity (Wildman–Crippen MR) is 80.6 cm³/mol. The van der Waals surface area contributed by atoms with Crippen molar-refractivity contribution in [2.75, 3.05) is 26.7 Å². The lowest BCUT2D eigenvalue weighted by molar-refractivity contribution is 0.239. The molecule has 0 amide bonds. The van der Waals surface area contributed by atoms with Crippen LogP contribution in [0.3, 0.4) is 0 Å². The maximum absolute atomic E-state index is 12.9. The van der Waals surface area contributed by atoms with Crippen LogP contribution in [-0.4, -0.2) is 37.6 Å². The van der Waals surface area contributed by atoms with Crippen LogP contribution in [0.1, 0.15) is 31.2 Å². The van der Waals surface area contributed by atoms with Gasteiger partial charge in [0.05, 0.1) is 0 Å². The molecule has 4 heteroatoms. The molecular weight excluding hydrogens is 263 g/mol. The molecule has 0 radical (unpaired) electrons. The number of benzene rings is 1. The van der Waals surface area contributed by atoms with E-state index in [1.54, 1.807) is 12.1 Å². The molecule has 1 saturated heterocycles. The number of rotatable bonds is 5. The minimum Gasteiger partial charge on any atom is -0.318 e. The van der Waals surface area contributed by atoms with Crippen molar-refractivity contribution >= 4 is 12.4 Å². The number of nitrogens with zero attached hydrogens (tertiary/aromatic N) is 1. The fourth-order valence-corrected chi connectivity index (χ4v) is 2.85. The van der Waals surface area contributed by atoms with Gasteiger partial charge < -0.3 is 5.32 Å². The molecule has 19 heavy (non-hydrogen) atoms. The van der Waals surface area contributed by atoms with Crippen molar-refractivity contribution < 1.29 is 4.39 Å². The number of hydrogen-bond acceptors (Lipinski definition) is 2. The molecule has 1 heterocycles. The summed E-state index contributed by atoms with van der Waals surface area (Å²) in [4.78, 5) is 2.56. The lowest BCUT2D eigenvalue weighted by Gasteiger charge is -2.27. The van der Waals surface area contributed by atoms with Crippen molar-refractivity contribution in [3.63, 3.8) is 0 Å². The van der Waals surface area contributed by atoms with Crippen molar-refractivity contribution in [2.45, 2.75) is 31.7 Å². The third kappa shape index (κ3) is 4.44. The highest BCUT2D eigenvalue weighted by atomic mass is 35.5. The minimum absolute atomic E-state index is 0. The Labute approximate surface area is 121 Å². The van der Waals surface area contributed by atoms with E-state index in [1.165, 1.54) is 24.9 Å². The first-order chi connectivity index (χ1) is 8.70. The molecule has 0 spiro atoms. The Balaban J connectivity index is 0.00000180. The maximum atomic E-state index is 12.9. The van der Waals surface area contributed by atoms with Crippen LogP contribution in [-0.2, 0) is 0 Å². The molecule has 0 bridgehead atoms. The third-order valence-electron chi connectivity index (χ3n) is 3.89. The summed E-state index contributed by atoms with van der Waals surface area (Å²) in [6, 6.07) is 7.59. The lowest BCUT2D eigenvalue weighted by atomic mass is 10.0. The van der Waals surface area contributed by atoms with E-state index in [4.69, 9.17) is 0 Å². The molecule has 1 aliphatic rings. The van der Waals surface area contributed by atoms with E-state index < -0.39 is 0 Å². The summed E-state index contributed by atoms with van der Waals surface area (Å²) in [6.45, 7) is 5.55. The Morgan fingerprint density at radius 1 is 1.37 bits per heavy atom. The van der Waals surface area contributed by atoms with Crippen molar-refractivity contribution in [1.82, 2.24) is 10.2 Å². The number of halogens is 2. The van der Waals surface area contributed by atoms with E-state index >= 15 is 0 Å². The van der Waals surface area contributed by atoms with Gasteiger partial charge in [-0.3, -0.25) is 4.90 Å². The predicted octanol–water partition coefficient (Wildman–Crippen LogP) is 3.03.